The van der Waals surface area contributed by atoms with E-state index >= 15 is 0 Å². The Morgan fingerprint density at radius 1 is 1.10 bits per heavy atom. The number of methoxy groups -OCH3 is 1. The number of nitrogens with zero attached hydrogens (tertiary/aromatic N) is 3. The monoisotopic (exact) mass is 415 g/mol. The number of piperidine rings is 1. The van der Waals surface area contributed by atoms with Crippen molar-refractivity contribution in [2.75, 3.05) is 20.2 Å². The number of aromatic nitrogens is 2. The van der Waals surface area contributed by atoms with Crippen molar-refractivity contribution in [2.45, 2.75) is 24.8 Å². The van der Waals surface area contributed by atoms with Gasteiger partial charge in [0.2, 0.25) is 0 Å². The standard InChI is InChI=1S/C25H25N3O3/c1-31-21-5-2-4-17(12-21)13-23-20-14-19(22-6-3-7-24(29)28(22)23)15-27(16-20)25(30)18-8-10-26-11-9-18/h2-12,19-20,23H,13-16H2,1H3/t19-,20+,23+/m1/s1. The van der Waals surface area contributed by atoms with Gasteiger partial charge in [0.15, 0.2) is 0 Å². The number of amides is 1. The largest absolute Gasteiger partial charge is 0.497 e. The molecule has 1 saturated heterocycles. The van der Waals surface area contributed by atoms with Crippen molar-refractivity contribution >= 4 is 5.91 Å². The van der Waals surface area contributed by atoms with E-state index in [9.17, 15) is 9.59 Å². The van der Waals surface area contributed by atoms with Crippen LogP contribution in [0.1, 0.15) is 40.0 Å². The van der Waals surface area contributed by atoms with E-state index in [1.807, 2.05) is 39.8 Å². The number of fused-ring (bicyclic) bond motifs is 4. The zero-order valence-electron chi connectivity index (χ0n) is 17.5. The average Bonchev–Trinajstić information content (AvgIpc) is 2.82. The molecular formula is C25H25N3O3. The molecule has 0 saturated carbocycles. The van der Waals surface area contributed by atoms with Crippen molar-refractivity contribution in [2.24, 2.45) is 5.92 Å². The predicted octanol–water partition coefficient (Wildman–Crippen LogP) is 3.30. The number of rotatable bonds is 4. The Morgan fingerprint density at radius 3 is 2.71 bits per heavy atom. The summed E-state index contributed by atoms with van der Waals surface area (Å²) in [5, 5.41) is 0. The van der Waals surface area contributed by atoms with Gasteiger partial charge in [0, 0.05) is 54.8 Å². The molecule has 3 atom stereocenters. The van der Waals surface area contributed by atoms with Gasteiger partial charge in [0.25, 0.3) is 11.5 Å². The van der Waals surface area contributed by atoms with Gasteiger partial charge >= 0.3 is 0 Å². The van der Waals surface area contributed by atoms with Crippen LogP contribution < -0.4 is 10.3 Å². The van der Waals surface area contributed by atoms with Gasteiger partial charge in [0.05, 0.1) is 7.11 Å². The van der Waals surface area contributed by atoms with Crippen LogP contribution in [0.4, 0.5) is 0 Å². The first kappa shape index (κ1) is 19.5. The molecule has 1 fully saturated rings. The number of benzene rings is 1. The minimum absolute atomic E-state index is 0.0000890. The highest BCUT2D eigenvalue weighted by Crippen LogP contribution is 2.42. The maximum atomic E-state index is 13.2. The normalized spacial score (nSPS) is 22.0. The third kappa shape index (κ3) is 3.63. The Morgan fingerprint density at radius 2 is 1.90 bits per heavy atom. The Kier molecular flexibility index (Phi) is 5.06. The molecule has 0 unspecified atom stereocenters. The van der Waals surface area contributed by atoms with Gasteiger partial charge in [0.1, 0.15) is 5.75 Å². The van der Waals surface area contributed by atoms with Gasteiger partial charge in [-0.05, 0) is 54.7 Å². The first-order valence-electron chi connectivity index (χ1n) is 10.7. The van der Waals surface area contributed by atoms with Gasteiger partial charge in [-0.15, -0.1) is 0 Å². The summed E-state index contributed by atoms with van der Waals surface area (Å²) in [7, 11) is 1.66. The lowest BCUT2D eigenvalue weighted by Gasteiger charge is -2.47. The molecule has 0 N–H and O–H groups in total. The summed E-state index contributed by atoms with van der Waals surface area (Å²) in [6.07, 6.45) is 5.01. The molecule has 2 aliphatic heterocycles. The quantitative estimate of drug-likeness (QED) is 0.656. The molecule has 0 spiro atoms. The maximum absolute atomic E-state index is 13.2. The van der Waals surface area contributed by atoms with Gasteiger partial charge in [-0.25, -0.2) is 0 Å². The van der Waals surface area contributed by atoms with Crippen molar-refractivity contribution in [1.82, 2.24) is 14.5 Å². The predicted molar refractivity (Wildman–Crippen MR) is 117 cm³/mol. The molecule has 5 rings (SSSR count). The summed E-state index contributed by atoms with van der Waals surface area (Å²) in [6.45, 7) is 1.28. The Labute approximate surface area is 181 Å². The van der Waals surface area contributed by atoms with Crippen LogP contribution in [-0.4, -0.2) is 40.6 Å². The Hall–Kier alpha value is -3.41. The number of ether oxygens (including phenoxy) is 1. The molecule has 158 valence electrons. The van der Waals surface area contributed by atoms with Crippen LogP contribution in [0.5, 0.6) is 5.75 Å². The van der Waals surface area contributed by atoms with Crippen LogP contribution in [0.15, 0.2) is 71.8 Å². The summed E-state index contributed by atoms with van der Waals surface area (Å²) in [5.41, 5.74) is 2.85. The zero-order valence-corrected chi connectivity index (χ0v) is 17.5. The van der Waals surface area contributed by atoms with Crippen LogP contribution in [0.3, 0.4) is 0 Å². The zero-order chi connectivity index (χ0) is 21.4. The SMILES string of the molecule is COc1cccc(C[C@H]2[C@H]3C[C@H](CN(C(=O)c4ccncc4)C3)c3cccc(=O)n32)c1. The molecule has 2 aliphatic rings. The molecule has 0 radical (unpaired) electrons. The van der Waals surface area contributed by atoms with Crippen molar-refractivity contribution in [3.8, 4) is 5.75 Å². The summed E-state index contributed by atoms with van der Waals surface area (Å²) in [5.74, 6) is 1.22. The molecule has 6 nitrogen and oxygen atoms in total. The summed E-state index contributed by atoms with van der Waals surface area (Å²) in [4.78, 5) is 32.1. The molecule has 1 aromatic carbocycles. The number of likely N-dealkylation sites (tertiary alicyclic amines) is 1. The van der Waals surface area contributed by atoms with E-state index in [1.165, 1.54) is 0 Å². The molecule has 6 heteroatoms. The van der Waals surface area contributed by atoms with Crippen molar-refractivity contribution in [3.05, 3.63) is 94.2 Å². The lowest BCUT2D eigenvalue weighted by atomic mass is 9.76. The summed E-state index contributed by atoms with van der Waals surface area (Å²) < 4.78 is 7.37. The van der Waals surface area contributed by atoms with E-state index < -0.39 is 0 Å². The number of hydrogen-bond acceptors (Lipinski definition) is 4. The van der Waals surface area contributed by atoms with Crippen LogP contribution in [0.25, 0.3) is 0 Å². The van der Waals surface area contributed by atoms with Crippen molar-refractivity contribution < 1.29 is 9.53 Å². The molecule has 3 aromatic rings. The van der Waals surface area contributed by atoms with E-state index in [4.69, 9.17) is 4.74 Å². The smallest absolute Gasteiger partial charge is 0.253 e. The highest BCUT2D eigenvalue weighted by Gasteiger charge is 2.41. The molecule has 31 heavy (non-hydrogen) atoms. The number of pyridine rings is 2. The number of carbonyl (C=O) groups excluding carboxylic acids is 1. The van der Waals surface area contributed by atoms with Crippen LogP contribution in [0, 0.1) is 5.92 Å². The van der Waals surface area contributed by atoms with Crippen LogP contribution in [-0.2, 0) is 6.42 Å². The fourth-order valence-electron chi connectivity index (χ4n) is 5.19. The van der Waals surface area contributed by atoms with Gasteiger partial charge in [-0.3, -0.25) is 14.6 Å². The van der Waals surface area contributed by atoms with Crippen molar-refractivity contribution in [3.63, 3.8) is 0 Å². The third-order valence-electron chi connectivity index (χ3n) is 6.59. The van der Waals surface area contributed by atoms with Gasteiger partial charge in [-0.2, -0.15) is 0 Å². The maximum Gasteiger partial charge on any atom is 0.253 e. The van der Waals surface area contributed by atoms with Gasteiger partial charge in [-0.1, -0.05) is 18.2 Å². The van der Waals surface area contributed by atoms with E-state index in [0.717, 1.165) is 29.8 Å². The number of carbonyl (C=O) groups is 1. The molecule has 2 aromatic heterocycles. The first-order valence-corrected chi connectivity index (χ1v) is 10.7. The fraction of sp³-hybridized carbons (Fsp3) is 0.320. The summed E-state index contributed by atoms with van der Waals surface area (Å²) >= 11 is 0. The van der Waals surface area contributed by atoms with Gasteiger partial charge < -0.3 is 14.2 Å². The molecular weight excluding hydrogens is 390 g/mol. The lowest BCUT2D eigenvalue weighted by molar-refractivity contribution is 0.0528. The fourth-order valence-corrected chi connectivity index (χ4v) is 5.19. The van der Waals surface area contributed by atoms with Crippen LogP contribution in [0.2, 0.25) is 0 Å². The first-order chi connectivity index (χ1) is 15.1. The molecule has 0 aliphatic carbocycles. The minimum Gasteiger partial charge on any atom is -0.497 e. The molecule has 4 heterocycles. The third-order valence-corrected chi connectivity index (χ3v) is 6.59. The second kappa shape index (κ2) is 8.02. The molecule has 2 bridgehead atoms. The average molecular weight is 415 g/mol. The second-order valence-corrected chi connectivity index (χ2v) is 8.42. The minimum atomic E-state index is 0.0000890. The van der Waals surface area contributed by atoms with Crippen molar-refractivity contribution in [1.29, 1.82) is 0 Å². The topological polar surface area (TPSA) is 64.4 Å². The van der Waals surface area contributed by atoms with E-state index in [2.05, 4.69) is 11.1 Å². The highest BCUT2D eigenvalue weighted by atomic mass is 16.5. The number of hydrogen-bond donors (Lipinski definition) is 0. The lowest BCUT2D eigenvalue weighted by Crippen LogP contribution is -2.51. The Bertz CT molecular complexity index is 1160. The highest BCUT2D eigenvalue weighted by molar-refractivity contribution is 5.94. The van der Waals surface area contributed by atoms with Crippen LogP contribution >= 0.6 is 0 Å². The Balaban J connectivity index is 1.51. The molecule has 1 amide bonds. The second-order valence-electron chi connectivity index (χ2n) is 8.42. The summed E-state index contributed by atoms with van der Waals surface area (Å²) in [6, 6.07) is 17.1. The van der Waals surface area contributed by atoms with E-state index in [-0.39, 0.29) is 29.3 Å². The van der Waals surface area contributed by atoms with E-state index in [1.54, 1.807) is 37.7 Å². The van der Waals surface area contributed by atoms with E-state index in [0.29, 0.717) is 18.7 Å².